The number of halogens is 1. The first-order chi connectivity index (χ1) is 8.77. The molecule has 0 radical (unpaired) electrons. The molecule has 0 aromatic carbocycles. The fourth-order valence-electron chi connectivity index (χ4n) is 0.976. The molecule has 0 aliphatic carbocycles. The Morgan fingerprint density at radius 3 is 1.56 bits per heavy atom. The summed E-state index contributed by atoms with van der Waals surface area (Å²) in [7, 11) is 0. The van der Waals surface area contributed by atoms with E-state index in [9.17, 15) is 4.79 Å². The van der Waals surface area contributed by atoms with Gasteiger partial charge in [0, 0.05) is 5.33 Å². The average molecular weight is 329 g/mol. The lowest BCUT2D eigenvalue weighted by Crippen LogP contribution is -2.13. The van der Waals surface area contributed by atoms with Gasteiger partial charge >= 0.3 is 5.97 Å². The highest BCUT2D eigenvalue weighted by atomic mass is 79.9. The molecule has 6 nitrogen and oxygen atoms in total. The maximum absolute atomic E-state index is 10.2. The van der Waals surface area contributed by atoms with E-state index in [2.05, 4.69) is 15.9 Å². The van der Waals surface area contributed by atoms with Gasteiger partial charge in [0.2, 0.25) is 0 Å². The van der Waals surface area contributed by atoms with Crippen molar-refractivity contribution in [3.8, 4) is 0 Å². The molecule has 0 aliphatic rings. The van der Waals surface area contributed by atoms with E-state index in [1.807, 2.05) is 0 Å². The Morgan fingerprint density at radius 1 is 0.778 bits per heavy atom. The lowest BCUT2D eigenvalue weighted by atomic mass is 10.5. The zero-order valence-electron chi connectivity index (χ0n) is 10.4. The maximum Gasteiger partial charge on any atom is 0.305 e. The molecule has 7 heteroatoms. The lowest BCUT2D eigenvalue weighted by molar-refractivity contribution is -0.138. The monoisotopic (exact) mass is 328 g/mol. The van der Waals surface area contributed by atoms with Crippen LogP contribution in [-0.4, -0.2) is 69.3 Å². The van der Waals surface area contributed by atoms with E-state index >= 15 is 0 Å². The zero-order chi connectivity index (χ0) is 13.5. The third-order valence-electron chi connectivity index (χ3n) is 1.80. The quantitative estimate of drug-likeness (QED) is 0.377. The fourth-order valence-corrected chi connectivity index (χ4v) is 1.20. The summed E-state index contributed by atoms with van der Waals surface area (Å²) in [6, 6.07) is 0. The molecule has 0 bridgehead atoms. The normalized spacial score (nSPS) is 10.7. The molecule has 0 saturated carbocycles. The fraction of sp³-hybridized carbons (Fsp3) is 0.909. The molecule has 18 heavy (non-hydrogen) atoms. The molecule has 0 saturated heterocycles. The van der Waals surface area contributed by atoms with Crippen LogP contribution in [0.4, 0.5) is 0 Å². The van der Waals surface area contributed by atoms with Gasteiger partial charge in [0.05, 0.1) is 59.3 Å². The first-order valence-electron chi connectivity index (χ1n) is 5.86. The highest BCUT2D eigenvalue weighted by molar-refractivity contribution is 9.09. The van der Waals surface area contributed by atoms with E-state index in [4.69, 9.17) is 24.1 Å². The van der Waals surface area contributed by atoms with Crippen LogP contribution in [0, 0.1) is 0 Å². The van der Waals surface area contributed by atoms with Gasteiger partial charge in [0.15, 0.2) is 0 Å². The van der Waals surface area contributed by atoms with Gasteiger partial charge < -0.3 is 24.1 Å². The number of carboxylic acids is 1. The third kappa shape index (κ3) is 15.8. The Kier molecular flexibility index (Phi) is 14.7. The minimum absolute atomic E-state index is 0.0253. The first kappa shape index (κ1) is 17.8. The smallest absolute Gasteiger partial charge is 0.305 e. The van der Waals surface area contributed by atoms with Gasteiger partial charge in [-0.1, -0.05) is 15.9 Å². The summed E-state index contributed by atoms with van der Waals surface area (Å²) in [6.07, 6.45) is 0.0253. The van der Waals surface area contributed by atoms with Crippen LogP contribution in [0.3, 0.4) is 0 Å². The van der Waals surface area contributed by atoms with Crippen LogP contribution in [0.1, 0.15) is 6.42 Å². The molecule has 0 rings (SSSR count). The molecule has 0 spiro atoms. The second-order valence-corrected chi connectivity index (χ2v) is 4.08. The van der Waals surface area contributed by atoms with E-state index in [0.29, 0.717) is 46.2 Å². The number of hydrogen-bond acceptors (Lipinski definition) is 5. The minimum Gasteiger partial charge on any atom is -0.481 e. The van der Waals surface area contributed by atoms with Crippen LogP contribution < -0.4 is 0 Å². The average Bonchev–Trinajstić information content (AvgIpc) is 2.34. The van der Waals surface area contributed by atoms with E-state index in [-0.39, 0.29) is 13.0 Å². The van der Waals surface area contributed by atoms with Gasteiger partial charge in [-0.25, -0.2) is 0 Å². The van der Waals surface area contributed by atoms with E-state index in [0.717, 1.165) is 5.33 Å². The number of carbonyl (C=O) groups is 1. The van der Waals surface area contributed by atoms with Crippen molar-refractivity contribution >= 4 is 21.9 Å². The molecule has 0 atom stereocenters. The van der Waals surface area contributed by atoms with Crippen molar-refractivity contribution in [2.75, 3.05) is 58.2 Å². The first-order valence-corrected chi connectivity index (χ1v) is 6.98. The van der Waals surface area contributed by atoms with Crippen LogP contribution in [0.5, 0.6) is 0 Å². The third-order valence-corrected chi connectivity index (χ3v) is 2.12. The second-order valence-electron chi connectivity index (χ2n) is 3.28. The Balaban J connectivity index is 2.92. The molecule has 0 aromatic rings. The van der Waals surface area contributed by atoms with Gasteiger partial charge in [-0.3, -0.25) is 4.79 Å². The highest BCUT2D eigenvalue weighted by Gasteiger charge is 1.96. The molecule has 0 aromatic heterocycles. The Hall–Kier alpha value is -0.210. The standard InChI is InChI=1S/C11H21BrO6/c12-2-4-16-6-8-18-10-9-17-7-5-15-3-1-11(13)14/h1-10H2,(H,13,14). The Bertz CT molecular complexity index is 190. The van der Waals surface area contributed by atoms with E-state index in [1.54, 1.807) is 0 Å². The van der Waals surface area contributed by atoms with Gasteiger partial charge in [0.1, 0.15) is 0 Å². The summed E-state index contributed by atoms with van der Waals surface area (Å²) in [5, 5.41) is 9.18. The predicted octanol–water partition coefficient (Wildman–Crippen LogP) is 0.922. The van der Waals surface area contributed by atoms with Crippen LogP contribution in [0.2, 0.25) is 0 Å². The van der Waals surface area contributed by atoms with Crippen LogP contribution in [-0.2, 0) is 23.7 Å². The van der Waals surface area contributed by atoms with E-state index in [1.165, 1.54) is 0 Å². The Labute approximate surface area is 116 Å². The summed E-state index contributed by atoms with van der Waals surface area (Å²) < 4.78 is 20.7. The summed E-state index contributed by atoms with van der Waals surface area (Å²) in [5.74, 6) is -0.855. The molecule has 0 amide bonds. The zero-order valence-corrected chi connectivity index (χ0v) is 12.0. The van der Waals surface area contributed by atoms with Crippen molar-refractivity contribution in [1.82, 2.24) is 0 Å². The summed E-state index contributed by atoms with van der Waals surface area (Å²) in [4.78, 5) is 10.2. The summed E-state index contributed by atoms with van der Waals surface area (Å²) >= 11 is 3.26. The Morgan fingerprint density at radius 2 is 1.17 bits per heavy atom. The molecular formula is C11H21BrO6. The SMILES string of the molecule is O=C(O)CCOCCOCCOCCOCCBr. The molecule has 0 fully saturated rings. The second kappa shape index (κ2) is 14.8. The van der Waals surface area contributed by atoms with Crippen LogP contribution in [0.15, 0.2) is 0 Å². The van der Waals surface area contributed by atoms with Gasteiger partial charge in [-0.2, -0.15) is 0 Å². The van der Waals surface area contributed by atoms with Crippen molar-refractivity contribution in [2.45, 2.75) is 6.42 Å². The molecule has 0 aliphatic heterocycles. The molecule has 0 heterocycles. The van der Waals surface area contributed by atoms with E-state index < -0.39 is 5.97 Å². The number of ether oxygens (including phenoxy) is 4. The van der Waals surface area contributed by atoms with Gasteiger partial charge in [-0.05, 0) is 0 Å². The van der Waals surface area contributed by atoms with Crippen molar-refractivity contribution in [1.29, 1.82) is 0 Å². The molecule has 108 valence electrons. The lowest BCUT2D eigenvalue weighted by Gasteiger charge is -2.06. The highest BCUT2D eigenvalue weighted by Crippen LogP contribution is 1.86. The summed E-state index contributed by atoms with van der Waals surface area (Å²) in [6.45, 7) is 3.93. The molecule has 1 N–H and O–H groups in total. The predicted molar refractivity (Wildman–Crippen MR) is 69.3 cm³/mol. The van der Waals surface area contributed by atoms with Crippen molar-refractivity contribution < 1.29 is 28.8 Å². The van der Waals surface area contributed by atoms with Crippen molar-refractivity contribution in [3.63, 3.8) is 0 Å². The van der Waals surface area contributed by atoms with Gasteiger partial charge in [0.25, 0.3) is 0 Å². The largest absolute Gasteiger partial charge is 0.481 e. The topological polar surface area (TPSA) is 74.2 Å². The maximum atomic E-state index is 10.2. The molecule has 0 unspecified atom stereocenters. The minimum atomic E-state index is -0.855. The van der Waals surface area contributed by atoms with Gasteiger partial charge in [-0.15, -0.1) is 0 Å². The van der Waals surface area contributed by atoms with Crippen molar-refractivity contribution in [2.24, 2.45) is 0 Å². The van der Waals surface area contributed by atoms with Crippen LogP contribution >= 0.6 is 15.9 Å². The number of alkyl halides is 1. The number of rotatable bonds is 14. The van der Waals surface area contributed by atoms with Crippen LogP contribution in [0.25, 0.3) is 0 Å². The summed E-state index contributed by atoms with van der Waals surface area (Å²) in [5.41, 5.74) is 0. The molecular weight excluding hydrogens is 308 g/mol. The van der Waals surface area contributed by atoms with Crippen molar-refractivity contribution in [3.05, 3.63) is 0 Å². The number of carboxylic acid groups (broad SMARTS) is 1. The number of hydrogen-bond donors (Lipinski definition) is 1. The number of aliphatic carboxylic acids is 1.